The molecule has 0 radical (unpaired) electrons. The average Bonchev–Trinajstić information content (AvgIpc) is 3.51. The first-order valence-electron chi connectivity index (χ1n) is 13.0. The van der Waals surface area contributed by atoms with Crippen LogP contribution in [-0.4, -0.2) is 44.7 Å². The van der Waals surface area contributed by atoms with E-state index in [1.54, 1.807) is 27.8 Å². The number of ether oxygens (including phenoxy) is 2. The lowest BCUT2D eigenvalue weighted by atomic mass is 10.1. The van der Waals surface area contributed by atoms with Gasteiger partial charge in [-0.25, -0.2) is 9.07 Å². The Morgan fingerprint density at radius 2 is 1.77 bits per heavy atom. The van der Waals surface area contributed by atoms with Crippen molar-refractivity contribution in [3.63, 3.8) is 0 Å². The van der Waals surface area contributed by atoms with E-state index in [-0.39, 0.29) is 18.3 Å². The molecule has 0 aliphatic carbocycles. The molecule has 1 fully saturated rings. The summed E-state index contributed by atoms with van der Waals surface area (Å²) in [4.78, 5) is 15.4. The number of para-hydroxylation sites is 1. The van der Waals surface area contributed by atoms with Gasteiger partial charge in [0.05, 0.1) is 16.3 Å². The molecular weight excluding hydrogens is 545 g/mol. The molecule has 2 heterocycles. The minimum Gasteiger partial charge on any atom is -0.489 e. The van der Waals surface area contributed by atoms with Gasteiger partial charge in [0.25, 0.3) is 5.91 Å². The lowest BCUT2D eigenvalue weighted by molar-refractivity contribution is -0.122. The van der Waals surface area contributed by atoms with E-state index in [1.165, 1.54) is 17.8 Å². The fourth-order valence-corrected chi connectivity index (χ4v) is 5.52. The van der Waals surface area contributed by atoms with Crippen molar-refractivity contribution in [3.05, 3.63) is 107 Å². The van der Waals surface area contributed by atoms with E-state index in [0.717, 1.165) is 23.2 Å². The van der Waals surface area contributed by atoms with Crippen LogP contribution in [0.1, 0.15) is 24.5 Å². The summed E-state index contributed by atoms with van der Waals surface area (Å²) in [5.41, 5.74) is 3.75. The van der Waals surface area contributed by atoms with E-state index in [1.807, 2.05) is 73.8 Å². The topological polar surface area (TPSA) is 56.6 Å². The average molecular weight is 574 g/mol. The highest BCUT2D eigenvalue weighted by Crippen LogP contribution is 2.35. The Bertz CT molecular complexity index is 1520. The van der Waals surface area contributed by atoms with Crippen LogP contribution in [0.5, 0.6) is 5.75 Å². The molecule has 1 aliphatic heterocycles. The van der Waals surface area contributed by atoms with Gasteiger partial charge >= 0.3 is 0 Å². The van der Waals surface area contributed by atoms with Crippen molar-refractivity contribution in [2.24, 2.45) is 0 Å². The van der Waals surface area contributed by atoms with Crippen LogP contribution in [0, 0.1) is 5.82 Å². The van der Waals surface area contributed by atoms with Crippen molar-refractivity contribution in [1.29, 1.82) is 0 Å². The molecule has 204 valence electrons. The second kappa shape index (κ2) is 13.0. The highest BCUT2D eigenvalue weighted by atomic mass is 32.2. The maximum absolute atomic E-state index is 14.0. The molecule has 1 amide bonds. The van der Waals surface area contributed by atoms with Crippen molar-refractivity contribution < 1.29 is 18.7 Å². The number of nitrogens with zero attached hydrogens (tertiary/aromatic N) is 3. The number of halogens is 1. The third-order valence-corrected chi connectivity index (χ3v) is 7.66. The lowest BCUT2D eigenvalue weighted by Gasteiger charge is -2.13. The molecule has 6 nitrogen and oxygen atoms in total. The van der Waals surface area contributed by atoms with Crippen LogP contribution in [0.15, 0.2) is 90.0 Å². The molecule has 0 saturated carbocycles. The molecule has 1 saturated heterocycles. The van der Waals surface area contributed by atoms with Gasteiger partial charge in [-0.3, -0.25) is 9.69 Å². The third kappa shape index (κ3) is 6.50. The fourth-order valence-electron chi connectivity index (χ4n) is 4.22. The Labute approximate surface area is 242 Å². The van der Waals surface area contributed by atoms with Crippen molar-refractivity contribution in [2.45, 2.75) is 20.0 Å². The Hall–Kier alpha value is -3.79. The van der Waals surface area contributed by atoms with E-state index in [0.29, 0.717) is 46.0 Å². The zero-order chi connectivity index (χ0) is 27.9. The fraction of sp³-hybridized carbons (Fsp3) is 0.194. The van der Waals surface area contributed by atoms with Crippen LogP contribution in [0.25, 0.3) is 23.0 Å². The first kappa shape index (κ1) is 27.8. The van der Waals surface area contributed by atoms with E-state index >= 15 is 0 Å². The molecule has 4 aromatic rings. The number of rotatable bonds is 11. The second-order valence-corrected chi connectivity index (χ2v) is 10.7. The van der Waals surface area contributed by atoms with E-state index in [4.69, 9.17) is 26.8 Å². The van der Waals surface area contributed by atoms with Gasteiger partial charge in [0, 0.05) is 42.6 Å². The quantitative estimate of drug-likeness (QED) is 0.111. The van der Waals surface area contributed by atoms with E-state index < -0.39 is 0 Å². The largest absolute Gasteiger partial charge is 0.489 e. The molecule has 9 heteroatoms. The number of aromatic nitrogens is 2. The number of amides is 1. The minimum absolute atomic E-state index is 0.109. The maximum Gasteiger partial charge on any atom is 0.266 e. The Kier molecular flexibility index (Phi) is 9.05. The summed E-state index contributed by atoms with van der Waals surface area (Å²) < 4.78 is 27.5. The first-order chi connectivity index (χ1) is 19.5. The van der Waals surface area contributed by atoms with Gasteiger partial charge in [0.15, 0.2) is 0 Å². The van der Waals surface area contributed by atoms with Crippen LogP contribution in [0.2, 0.25) is 0 Å². The summed E-state index contributed by atoms with van der Waals surface area (Å²) in [6, 6.07) is 23.8. The number of thiocarbonyl (C=S) groups is 1. The number of carbonyl (C=O) groups is 1. The number of hydrogen-bond acceptors (Lipinski definition) is 6. The number of hydrogen-bond donors (Lipinski definition) is 0. The Balaban J connectivity index is 1.40. The molecule has 40 heavy (non-hydrogen) atoms. The molecule has 5 rings (SSSR count). The summed E-state index contributed by atoms with van der Waals surface area (Å²) in [5, 5.41) is 4.86. The van der Waals surface area contributed by atoms with Crippen LogP contribution in [-0.2, 0) is 16.1 Å². The summed E-state index contributed by atoms with van der Waals surface area (Å²) in [6.07, 6.45) is 4.48. The zero-order valence-corrected chi connectivity index (χ0v) is 23.6. The molecular formula is C31H28FN3O3S2. The SMILES string of the molecule is CCOCCCN1C(=O)C(=Cc2cn(-c3ccccc3)nc2-c2ccc(OCc3ccccc3F)cc2)SC1=S. The second-order valence-electron chi connectivity index (χ2n) is 9.00. The number of thioether (sulfide) groups is 1. The standard InChI is InChI=1S/C31H28FN3O3S2/c1-2-37-18-8-17-34-30(36)28(40-31(34)39)19-24-20-35(25-10-4-3-5-11-25)33-29(24)22-13-15-26(16-14-22)38-21-23-9-6-7-12-27(23)32/h3-7,9-16,19-20H,2,8,17-18,21H2,1H3. The van der Waals surface area contributed by atoms with Crippen molar-refractivity contribution in [2.75, 3.05) is 19.8 Å². The predicted octanol–water partition coefficient (Wildman–Crippen LogP) is 6.89. The highest BCUT2D eigenvalue weighted by molar-refractivity contribution is 8.26. The zero-order valence-electron chi connectivity index (χ0n) is 22.0. The molecule has 3 aromatic carbocycles. The van der Waals surface area contributed by atoms with Gasteiger partial charge in [-0.15, -0.1) is 0 Å². The van der Waals surface area contributed by atoms with Gasteiger partial charge in [0.1, 0.15) is 22.5 Å². The van der Waals surface area contributed by atoms with Crippen molar-refractivity contribution in [3.8, 4) is 22.7 Å². The minimum atomic E-state index is -0.296. The molecule has 0 N–H and O–H groups in total. The number of benzene rings is 3. The van der Waals surface area contributed by atoms with Crippen LogP contribution in [0.4, 0.5) is 4.39 Å². The Morgan fingerprint density at radius 3 is 2.52 bits per heavy atom. The first-order valence-corrected chi connectivity index (χ1v) is 14.2. The normalized spacial score (nSPS) is 14.3. The summed E-state index contributed by atoms with van der Waals surface area (Å²) in [7, 11) is 0. The molecule has 0 bridgehead atoms. The maximum atomic E-state index is 14.0. The molecule has 0 spiro atoms. The van der Waals surface area contributed by atoms with E-state index in [2.05, 4.69) is 0 Å². The van der Waals surface area contributed by atoms with Crippen LogP contribution < -0.4 is 4.74 Å². The van der Waals surface area contributed by atoms with Gasteiger partial charge in [0.2, 0.25) is 0 Å². The summed E-state index contributed by atoms with van der Waals surface area (Å²) in [6.45, 7) is 3.83. The van der Waals surface area contributed by atoms with Gasteiger partial charge in [-0.2, -0.15) is 5.10 Å². The third-order valence-electron chi connectivity index (χ3n) is 6.28. The summed E-state index contributed by atoms with van der Waals surface area (Å²) >= 11 is 6.81. The highest BCUT2D eigenvalue weighted by Gasteiger charge is 2.32. The lowest BCUT2D eigenvalue weighted by Crippen LogP contribution is -2.29. The summed E-state index contributed by atoms with van der Waals surface area (Å²) in [5.74, 6) is 0.209. The predicted molar refractivity (Wildman–Crippen MR) is 161 cm³/mol. The smallest absolute Gasteiger partial charge is 0.266 e. The van der Waals surface area contributed by atoms with Crippen LogP contribution >= 0.6 is 24.0 Å². The number of carbonyl (C=O) groups excluding carboxylic acids is 1. The van der Waals surface area contributed by atoms with Gasteiger partial charge in [-0.05, 0) is 61.9 Å². The monoisotopic (exact) mass is 573 g/mol. The molecule has 0 atom stereocenters. The van der Waals surface area contributed by atoms with Gasteiger partial charge < -0.3 is 9.47 Å². The Morgan fingerprint density at radius 1 is 1.02 bits per heavy atom. The van der Waals surface area contributed by atoms with Gasteiger partial charge in [-0.1, -0.05) is 60.4 Å². The van der Waals surface area contributed by atoms with Crippen molar-refractivity contribution >= 4 is 40.3 Å². The van der Waals surface area contributed by atoms with E-state index in [9.17, 15) is 9.18 Å². The molecule has 1 aliphatic rings. The molecule has 1 aromatic heterocycles. The molecule has 0 unspecified atom stereocenters. The van der Waals surface area contributed by atoms with Crippen LogP contribution in [0.3, 0.4) is 0 Å². The van der Waals surface area contributed by atoms with Crippen molar-refractivity contribution in [1.82, 2.24) is 14.7 Å².